The molecule has 10 heavy (non-hydrogen) atoms. The van der Waals surface area contributed by atoms with Crippen LogP contribution < -0.4 is 11.5 Å². The van der Waals surface area contributed by atoms with E-state index in [0.717, 1.165) is 6.61 Å². The number of hydrogen-bond acceptors (Lipinski definition) is 2. The number of ether oxygens (including phenoxy) is 1. The number of primary amides is 2. The predicted molar refractivity (Wildman–Crippen MR) is 35.0 cm³/mol. The molecule has 0 radical (unpaired) electrons. The molecular weight excluding hydrogens is 134 g/mol. The van der Waals surface area contributed by atoms with Crippen LogP contribution in [-0.4, -0.2) is 25.3 Å². The number of nitrogens with two attached hydrogens (primary N) is 2. The van der Waals surface area contributed by atoms with Gasteiger partial charge in [-0.2, -0.15) is 0 Å². The number of carbonyl (C=O) groups excluding carboxylic acids is 1. The molecule has 0 bridgehead atoms. The van der Waals surface area contributed by atoms with Gasteiger partial charge in [-0.15, -0.1) is 0 Å². The summed E-state index contributed by atoms with van der Waals surface area (Å²) in [5.74, 6) is 0. The molecule has 1 aliphatic rings. The molecule has 0 aromatic carbocycles. The predicted octanol–water partition coefficient (Wildman–Crippen LogP) is -0.672. The SMILES string of the molecule is NC(N)=O.[C-]#[N+]CC1CO1. The number of hydrogen-bond donors (Lipinski definition) is 2. The fourth-order valence-corrected chi connectivity index (χ4v) is 0.275. The van der Waals surface area contributed by atoms with Crippen LogP contribution in [0.1, 0.15) is 0 Å². The highest BCUT2D eigenvalue weighted by atomic mass is 16.6. The van der Waals surface area contributed by atoms with E-state index in [1.165, 1.54) is 0 Å². The molecule has 56 valence electrons. The van der Waals surface area contributed by atoms with Gasteiger partial charge in [0, 0.05) is 0 Å². The molecule has 0 aliphatic carbocycles. The highest BCUT2D eigenvalue weighted by molar-refractivity contribution is 5.69. The van der Waals surface area contributed by atoms with Crippen LogP contribution >= 0.6 is 0 Å². The van der Waals surface area contributed by atoms with Crippen molar-refractivity contribution in [2.75, 3.05) is 13.2 Å². The van der Waals surface area contributed by atoms with Gasteiger partial charge in [-0.05, 0) is 0 Å². The summed E-state index contributed by atoms with van der Waals surface area (Å²) in [4.78, 5) is 12.1. The summed E-state index contributed by atoms with van der Waals surface area (Å²) in [6, 6.07) is -0.833. The molecule has 5 nitrogen and oxygen atoms in total. The van der Waals surface area contributed by atoms with Gasteiger partial charge in [-0.25, -0.2) is 11.4 Å². The number of urea groups is 1. The van der Waals surface area contributed by atoms with Crippen molar-refractivity contribution in [2.24, 2.45) is 11.5 Å². The van der Waals surface area contributed by atoms with E-state index in [0.29, 0.717) is 12.6 Å². The van der Waals surface area contributed by atoms with Crippen molar-refractivity contribution >= 4 is 6.03 Å². The number of nitrogens with zero attached hydrogens (tertiary/aromatic N) is 1. The van der Waals surface area contributed by atoms with Crippen LogP contribution in [0.25, 0.3) is 4.85 Å². The summed E-state index contributed by atoms with van der Waals surface area (Å²) >= 11 is 0. The van der Waals surface area contributed by atoms with Crippen LogP contribution in [-0.2, 0) is 4.74 Å². The largest absolute Gasteiger partial charge is 0.365 e. The average Bonchev–Trinajstić information content (AvgIpc) is 2.48. The van der Waals surface area contributed by atoms with E-state index in [2.05, 4.69) is 16.3 Å². The van der Waals surface area contributed by atoms with Gasteiger partial charge in [-0.1, -0.05) is 0 Å². The molecule has 1 unspecified atom stereocenters. The van der Waals surface area contributed by atoms with E-state index in [1.807, 2.05) is 0 Å². The molecule has 1 heterocycles. The average molecular weight is 143 g/mol. The van der Waals surface area contributed by atoms with Gasteiger partial charge < -0.3 is 21.0 Å². The van der Waals surface area contributed by atoms with Crippen LogP contribution in [0.2, 0.25) is 0 Å². The lowest BCUT2D eigenvalue weighted by atomic mass is 10.5. The molecule has 1 saturated heterocycles. The topological polar surface area (TPSA) is 86.0 Å². The van der Waals surface area contributed by atoms with Crippen molar-refractivity contribution < 1.29 is 9.53 Å². The molecule has 1 rings (SSSR count). The minimum absolute atomic E-state index is 0.294. The Morgan fingerprint density at radius 2 is 2.20 bits per heavy atom. The first-order valence-electron chi connectivity index (χ1n) is 2.66. The van der Waals surface area contributed by atoms with Crippen molar-refractivity contribution in [1.29, 1.82) is 0 Å². The Hall–Kier alpha value is -1.28. The van der Waals surface area contributed by atoms with Crippen LogP contribution in [0.15, 0.2) is 0 Å². The van der Waals surface area contributed by atoms with Crippen LogP contribution in [0.5, 0.6) is 0 Å². The Morgan fingerprint density at radius 3 is 2.30 bits per heavy atom. The van der Waals surface area contributed by atoms with Gasteiger partial charge in [-0.3, -0.25) is 0 Å². The van der Waals surface area contributed by atoms with E-state index < -0.39 is 6.03 Å². The van der Waals surface area contributed by atoms with E-state index in [4.69, 9.17) is 16.1 Å². The first-order chi connectivity index (χ1) is 4.66. The van der Waals surface area contributed by atoms with Crippen LogP contribution in [0.4, 0.5) is 4.79 Å². The van der Waals surface area contributed by atoms with Crippen molar-refractivity contribution in [3.63, 3.8) is 0 Å². The lowest BCUT2D eigenvalue weighted by Crippen LogP contribution is -2.18. The number of rotatable bonds is 1. The smallest absolute Gasteiger partial charge is 0.309 e. The number of amides is 2. The monoisotopic (exact) mass is 143 g/mol. The molecule has 0 spiro atoms. The second-order valence-corrected chi connectivity index (χ2v) is 1.70. The first-order valence-corrected chi connectivity index (χ1v) is 2.66. The van der Waals surface area contributed by atoms with Gasteiger partial charge in [0.1, 0.15) is 0 Å². The van der Waals surface area contributed by atoms with Gasteiger partial charge >= 0.3 is 6.03 Å². The summed E-state index contributed by atoms with van der Waals surface area (Å²) in [5.41, 5.74) is 8.50. The van der Waals surface area contributed by atoms with E-state index in [-0.39, 0.29) is 0 Å². The van der Waals surface area contributed by atoms with Crippen molar-refractivity contribution in [3.8, 4) is 0 Å². The standard InChI is InChI=1S/C4H5NO.CH4N2O/c1-5-2-4-3-6-4;2-1(3)4/h4H,2-3H2;(H4,2,3,4). The summed E-state index contributed by atoms with van der Waals surface area (Å²) in [6.45, 7) is 7.68. The molecule has 1 atom stereocenters. The second-order valence-electron chi connectivity index (χ2n) is 1.70. The number of carbonyl (C=O) groups is 1. The zero-order valence-electron chi connectivity index (χ0n) is 5.41. The van der Waals surface area contributed by atoms with Gasteiger partial charge in [0.2, 0.25) is 6.54 Å². The third-order valence-corrected chi connectivity index (χ3v) is 0.697. The number of epoxide rings is 1. The molecule has 0 saturated carbocycles. The first kappa shape index (κ1) is 8.72. The van der Waals surface area contributed by atoms with Gasteiger partial charge in [0.15, 0.2) is 6.10 Å². The zero-order valence-corrected chi connectivity index (χ0v) is 5.41. The molecule has 2 amide bonds. The van der Waals surface area contributed by atoms with Gasteiger partial charge in [0.05, 0.1) is 6.61 Å². The molecule has 4 N–H and O–H groups in total. The van der Waals surface area contributed by atoms with Crippen molar-refractivity contribution in [1.82, 2.24) is 0 Å². The molecule has 0 aromatic heterocycles. The lowest BCUT2D eigenvalue weighted by Gasteiger charge is -1.66. The summed E-state index contributed by atoms with van der Waals surface area (Å²) in [7, 11) is 0. The highest BCUT2D eigenvalue weighted by Gasteiger charge is 2.24. The van der Waals surface area contributed by atoms with Crippen molar-refractivity contribution in [3.05, 3.63) is 11.4 Å². The van der Waals surface area contributed by atoms with E-state index >= 15 is 0 Å². The van der Waals surface area contributed by atoms with Crippen LogP contribution in [0.3, 0.4) is 0 Å². The minimum atomic E-state index is -0.833. The maximum Gasteiger partial charge on any atom is 0.309 e. The summed E-state index contributed by atoms with van der Waals surface area (Å²) < 4.78 is 4.74. The fraction of sp³-hybridized carbons (Fsp3) is 0.600. The Balaban J connectivity index is 0.000000180. The van der Waals surface area contributed by atoms with E-state index in [9.17, 15) is 0 Å². The molecule has 0 aromatic rings. The Bertz CT molecular complexity index is 143. The molecular formula is C5H9N3O2. The normalized spacial score (nSPS) is 19.7. The van der Waals surface area contributed by atoms with Crippen LogP contribution in [0, 0.1) is 6.57 Å². The minimum Gasteiger partial charge on any atom is -0.365 e. The Labute approximate surface area is 58.8 Å². The van der Waals surface area contributed by atoms with Crippen molar-refractivity contribution in [2.45, 2.75) is 6.10 Å². The molecule has 5 heteroatoms. The van der Waals surface area contributed by atoms with Gasteiger partial charge in [0.25, 0.3) is 0 Å². The third kappa shape index (κ3) is 9.87. The highest BCUT2D eigenvalue weighted by Crippen LogP contribution is 2.07. The molecule has 1 aliphatic heterocycles. The summed E-state index contributed by atoms with van der Waals surface area (Å²) in [6.07, 6.45) is 0.294. The lowest BCUT2D eigenvalue weighted by molar-refractivity contribution is 0.256. The Morgan fingerprint density at radius 1 is 1.80 bits per heavy atom. The zero-order chi connectivity index (χ0) is 7.98. The Kier molecular flexibility index (Phi) is 4.00. The molecule has 1 fully saturated rings. The van der Waals surface area contributed by atoms with E-state index in [1.54, 1.807) is 0 Å². The third-order valence-electron chi connectivity index (χ3n) is 0.697. The second kappa shape index (κ2) is 4.58. The maximum absolute atomic E-state index is 9.00. The maximum atomic E-state index is 9.00. The fourth-order valence-electron chi connectivity index (χ4n) is 0.275. The quantitative estimate of drug-likeness (QED) is 0.376. The summed E-state index contributed by atoms with van der Waals surface area (Å²) in [5, 5.41) is 0.